The molecule has 3 N–H and O–H groups in total. The van der Waals surface area contributed by atoms with Crippen molar-refractivity contribution in [3.05, 3.63) is 59.5 Å². The van der Waals surface area contributed by atoms with E-state index in [1.807, 2.05) is 0 Å². The van der Waals surface area contributed by atoms with Gasteiger partial charge in [0.1, 0.15) is 10.7 Å². The standard InChI is InChI=1S/C15H15ClN2O5S/c1-2-5-18-24(21,22)14-7-11(15(19)20)13(8-12(14)16)17-9-10-4-3-6-23-10/h2-4,6-8,17-18H,1,5,9H2,(H,19,20). The highest BCUT2D eigenvalue weighted by atomic mass is 35.5. The number of carbonyl (C=O) groups is 1. The third-order valence-electron chi connectivity index (χ3n) is 3.04. The molecule has 0 saturated heterocycles. The van der Waals surface area contributed by atoms with Gasteiger partial charge in [0.25, 0.3) is 0 Å². The summed E-state index contributed by atoms with van der Waals surface area (Å²) < 4.78 is 31.7. The molecular formula is C15H15ClN2O5S. The van der Waals surface area contributed by atoms with Gasteiger partial charge in [0, 0.05) is 6.54 Å². The fourth-order valence-corrected chi connectivity index (χ4v) is 3.47. The average molecular weight is 371 g/mol. The number of hydrogen-bond acceptors (Lipinski definition) is 5. The van der Waals surface area contributed by atoms with Crippen LogP contribution >= 0.6 is 11.6 Å². The van der Waals surface area contributed by atoms with Gasteiger partial charge >= 0.3 is 5.97 Å². The number of nitrogens with one attached hydrogen (secondary N) is 2. The van der Waals surface area contributed by atoms with E-state index in [2.05, 4.69) is 16.6 Å². The van der Waals surface area contributed by atoms with Gasteiger partial charge < -0.3 is 14.8 Å². The first-order valence-corrected chi connectivity index (χ1v) is 8.65. The summed E-state index contributed by atoms with van der Waals surface area (Å²) in [5, 5.41) is 12.1. The molecule has 2 rings (SSSR count). The van der Waals surface area contributed by atoms with Gasteiger partial charge in [0.15, 0.2) is 0 Å². The Morgan fingerprint density at radius 1 is 1.42 bits per heavy atom. The van der Waals surface area contributed by atoms with E-state index in [0.717, 1.165) is 6.07 Å². The molecule has 1 aromatic carbocycles. The molecule has 1 heterocycles. The lowest BCUT2D eigenvalue weighted by molar-refractivity contribution is 0.0697. The highest BCUT2D eigenvalue weighted by Crippen LogP contribution is 2.29. The molecule has 0 bridgehead atoms. The van der Waals surface area contributed by atoms with Crippen LogP contribution in [0, 0.1) is 0 Å². The molecule has 9 heteroatoms. The average Bonchev–Trinajstić information content (AvgIpc) is 3.03. The topological polar surface area (TPSA) is 109 Å². The summed E-state index contributed by atoms with van der Waals surface area (Å²) in [6, 6.07) is 5.69. The fourth-order valence-electron chi connectivity index (χ4n) is 1.92. The van der Waals surface area contributed by atoms with Gasteiger partial charge in [-0.3, -0.25) is 0 Å². The number of carboxylic acids is 1. The zero-order valence-corrected chi connectivity index (χ0v) is 14.0. The lowest BCUT2D eigenvalue weighted by Gasteiger charge is -2.13. The lowest BCUT2D eigenvalue weighted by atomic mass is 10.1. The van der Waals surface area contributed by atoms with Crippen molar-refractivity contribution in [1.82, 2.24) is 4.72 Å². The Morgan fingerprint density at radius 2 is 2.17 bits per heavy atom. The van der Waals surface area contributed by atoms with E-state index in [0.29, 0.717) is 5.76 Å². The number of halogens is 1. The van der Waals surface area contributed by atoms with Crippen molar-refractivity contribution >= 4 is 33.3 Å². The molecule has 0 aliphatic heterocycles. The summed E-state index contributed by atoms with van der Waals surface area (Å²) in [4.78, 5) is 11.1. The molecule has 24 heavy (non-hydrogen) atoms. The van der Waals surface area contributed by atoms with Crippen molar-refractivity contribution in [2.75, 3.05) is 11.9 Å². The minimum absolute atomic E-state index is 0.000435. The predicted octanol–water partition coefficient (Wildman–Crippen LogP) is 2.71. The van der Waals surface area contributed by atoms with E-state index >= 15 is 0 Å². The van der Waals surface area contributed by atoms with E-state index in [4.69, 9.17) is 16.0 Å². The first-order chi connectivity index (χ1) is 11.3. The first-order valence-electron chi connectivity index (χ1n) is 6.79. The second kappa shape index (κ2) is 7.52. The lowest BCUT2D eigenvalue weighted by Crippen LogP contribution is -2.24. The molecule has 0 radical (unpaired) electrons. The number of aromatic carboxylic acids is 1. The zero-order chi connectivity index (χ0) is 17.7. The summed E-state index contributed by atoms with van der Waals surface area (Å²) >= 11 is 6.03. The maximum atomic E-state index is 12.2. The molecule has 0 aliphatic carbocycles. The Labute approximate surface area is 144 Å². The fraction of sp³-hybridized carbons (Fsp3) is 0.133. The van der Waals surface area contributed by atoms with E-state index in [9.17, 15) is 18.3 Å². The van der Waals surface area contributed by atoms with Crippen LogP contribution in [0.1, 0.15) is 16.1 Å². The summed E-state index contributed by atoms with van der Waals surface area (Å²) in [5.41, 5.74) is -0.0310. The molecule has 0 atom stereocenters. The second-order valence-corrected chi connectivity index (χ2v) is 6.85. The van der Waals surface area contributed by atoms with Crippen LogP contribution in [0.2, 0.25) is 5.02 Å². The molecule has 2 aromatic rings. The van der Waals surface area contributed by atoms with Crippen LogP contribution in [0.5, 0.6) is 0 Å². The number of anilines is 1. The maximum Gasteiger partial charge on any atom is 0.337 e. The summed E-state index contributed by atoms with van der Waals surface area (Å²) in [7, 11) is -3.95. The Morgan fingerprint density at radius 3 is 2.75 bits per heavy atom. The third-order valence-corrected chi connectivity index (χ3v) is 4.93. The Balaban J connectivity index is 2.38. The molecule has 1 aromatic heterocycles. The highest BCUT2D eigenvalue weighted by molar-refractivity contribution is 7.89. The van der Waals surface area contributed by atoms with E-state index in [-0.39, 0.29) is 34.3 Å². The minimum atomic E-state index is -3.95. The number of carboxylic acid groups (broad SMARTS) is 1. The number of furan rings is 1. The number of hydrogen-bond donors (Lipinski definition) is 3. The van der Waals surface area contributed by atoms with Crippen molar-refractivity contribution in [1.29, 1.82) is 0 Å². The normalized spacial score (nSPS) is 11.2. The van der Waals surface area contributed by atoms with Gasteiger partial charge in [0.2, 0.25) is 10.0 Å². The molecule has 0 saturated carbocycles. The van der Waals surface area contributed by atoms with Gasteiger partial charge in [-0.15, -0.1) is 6.58 Å². The van der Waals surface area contributed by atoms with Crippen molar-refractivity contribution in [2.45, 2.75) is 11.4 Å². The Hall–Kier alpha value is -2.29. The van der Waals surface area contributed by atoms with Crippen molar-refractivity contribution in [3.63, 3.8) is 0 Å². The van der Waals surface area contributed by atoms with Gasteiger partial charge in [0.05, 0.1) is 29.1 Å². The van der Waals surface area contributed by atoms with Gasteiger partial charge in [-0.1, -0.05) is 17.7 Å². The third kappa shape index (κ3) is 4.16. The molecule has 0 fully saturated rings. The van der Waals surface area contributed by atoms with E-state index in [1.54, 1.807) is 12.1 Å². The van der Waals surface area contributed by atoms with Crippen LogP contribution in [0.3, 0.4) is 0 Å². The van der Waals surface area contributed by atoms with Crippen molar-refractivity contribution in [2.24, 2.45) is 0 Å². The van der Waals surface area contributed by atoms with Crippen LogP contribution in [0.4, 0.5) is 5.69 Å². The van der Waals surface area contributed by atoms with E-state index in [1.165, 1.54) is 18.4 Å². The van der Waals surface area contributed by atoms with Crippen LogP contribution in [0.15, 0.2) is 52.5 Å². The summed E-state index contributed by atoms with van der Waals surface area (Å²) in [6.45, 7) is 3.64. The minimum Gasteiger partial charge on any atom is -0.478 e. The van der Waals surface area contributed by atoms with Crippen LogP contribution in [0.25, 0.3) is 0 Å². The number of benzene rings is 1. The number of sulfonamides is 1. The molecular weight excluding hydrogens is 356 g/mol. The monoisotopic (exact) mass is 370 g/mol. The molecule has 0 spiro atoms. The van der Waals surface area contributed by atoms with Gasteiger partial charge in [-0.05, 0) is 24.3 Å². The number of rotatable bonds is 8. The van der Waals surface area contributed by atoms with Crippen molar-refractivity contribution in [3.8, 4) is 0 Å². The second-order valence-electron chi connectivity index (χ2n) is 4.71. The van der Waals surface area contributed by atoms with E-state index < -0.39 is 16.0 Å². The smallest absolute Gasteiger partial charge is 0.337 e. The van der Waals surface area contributed by atoms with Crippen LogP contribution < -0.4 is 10.0 Å². The predicted molar refractivity (Wildman–Crippen MR) is 89.8 cm³/mol. The molecule has 0 aliphatic rings. The van der Waals surface area contributed by atoms with Crippen molar-refractivity contribution < 1.29 is 22.7 Å². The quantitative estimate of drug-likeness (QED) is 0.616. The zero-order valence-electron chi connectivity index (χ0n) is 12.5. The largest absolute Gasteiger partial charge is 0.478 e. The SMILES string of the molecule is C=CCNS(=O)(=O)c1cc(C(=O)O)c(NCc2ccco2)cc1Cl. The Kier molecular flexibility index (Phi) is 5.66. The van der Waals surface area contributed by atoms with Crippen LogP contribution in [-0.2, 0) is 16.6 Å². The van der Waals surface area contributed by atoms with Gasteiger partial charge in [-0.25, -0.2) is 17.9 Å². The molecule has 0 amide bonds. The van der Waals surface area contributed by atoms with Gasteiger partial charge in [-0.2, -0.15) is 0 Å². The maximum absolute atomic E-state index is 12.2. The molecule has 128 valence electrons. The van der Waals surface area contributed by atoms with Crippen LogP contribution in [-0.4, -0.2) is 26.0 Å². The Bertz CT molecular complexity index is 847. The molecule has 0 unspecified atom stereocenters. The summed E-state index contributed by atoms with van der Waals surface area (Å²) in [6.07, 6.45) is 2.85. The summed E-state index contributed by atoms with van der Waals surface area (Å²) in [5.74, 6) is -0.694. The highest BCUT2D eigenvalue weighted by Gasteiger charge is 2.22. The first kappa shape index (κ1) is 18.1. The molecule has 7 nitrogen and oxygen atoms in total.